The van der Waals surface area contributed by atoms with Gasteiger partial charge in [0.2, 0.25) is 5.95 Å². The minimum atomic E-state index is -2.99. The van der Waals surface area contributed by atoms with Gasteiger partial charge in [-0.15, -0.1) is 11.3 Å². The minimum absolute atomic E-state index is 0.0264. The van der Waals surface area contributed by atoms with Gasteiger partial charge < -0.3 is 30.7 Å². The SMILES string of the molecule is Cc1cnc(Nc2ccc(N3CCOCC3)cc2OC(F)F)nc1Nc1ccsc1C(N)=O. The molecule has 0 saturated carbocycles. The molecule has 9 nitrogen and oxygen atoms in total. The summed E-state index contributed by atoms with van der Waals surface area (Å²) in [5.74, 6) is 0.0279. The first-order valence-electron chi connectivity index (χ1n) is 10.1. The standard InChI is InChI=1S/C21H22F2N6O3S/c1-12-11-25-21(28-19(12)26-15-4-9-33-17(15)18(24)30)27-14-3-2-13(10-16(14)32-20(22)23)29-5-7-31-8-6-29/h2-4,9-11,20H,5-8H2,1H3,(H2,24,30)(H2,25,26,27,28). The molecule has 0 radical (unpaired) electrons. The van der Waals surface area contributed by atoms with Crippen molar-refractivity contribution in [1.82, 2.24) is 9.97 Å². The first kappa shape index (κ1) is 22.7. The lowest BCUT2D eigenvalue weighted by atomic mass is 10.2. The second kappa shape index (κ2) is 9.96. The van der Waals surface area contributed by atoms with E-state index in [1.54, 1.807) is 36.7 Å². The van der Waals surface area contributed by atoms with Crippen molar-refractivity contribution in [3.8, 4) is 5.75 Å². The molecule has 0 atom stereocenters. The monoisotopic (exact) mass is 476 g/mol. The van der Waals surface area contributed by atoms with Crippen LogP contribution in [-0.2, 0) is 4.74 Å². The average molecular weight is 477 g/mol. The number of primary amides is 1. The number of nitrogens with two attached hydrogens (primary N) is 1. The maximum absolute atomic E-state index is 13.1. The number of anilines is 5. The molecule has 3 heterocycles. The maximum Gasteiger partial charge on any atom is 0.387 e. The molecule has 0 spiro atoms. The smallest absolute Gasteiger partial charge is 0.387 e. The molecule has 0 aliphatic carbocycles. The van der Waals surface area contributed by atoms with Crippen molar-refractivity contribution >= 4 is 46.1 Å². The molecular weight excluding hydrogens is 454 g/mol. The van der Waals surface area contributed by atoms with E-state index in [0.29, 0.717) is 48.2 Å². The average Bonchev–Trinajstić information content (AvgIpc) is 3.26. The van der Waals surface area contributed by atoms with Crippen LogP contribution >= 0.6 is 11.3 Å². The second-order valence-electron chi connectivity index (χ2n) is 7.16. The number of amides is 1. The number of hydrogen-bond acceptors (Lipinski definition) is 9. The molecule has 12 heteroatoms. The fourth-order valence-electron chi connectivity index (χ4n) is 3.30. The highest BCUT2D eigenvalue weighted by Gasteiger charge is 2.17. The van der Waals surface area contributed by atoms with E-state index < -0.39 is 12.5 Å². The van der Waals surface area contributed by atoms with Crippen molar-refractivity contribution in [1.29, 1.82) is 0 Å². The van der Waals surface area contributed by atoms with Crippen molar-refractivity contribution in [2.24, 2.45) is 5.73 Å². The van der Waals surface area contributed by atoms with Gasteiger partial charge in [0.05, 0.1) is 24.6 Å². The van der Waals surface area contributed by atoms with Crippen LogP contribution in [-0.4, -0.2) is 48.8 Å². The highest BCUT2D eigenvalue weighted by Crippen LogP contribution is 2.34. The molecule has 1 saturated heterocycles. The van der Waals surface area contributed by atoms with Gasteiger partial charge in [0, 0.05) is 36.6 Å². The normalized spacial score (nSPS) is 13.8. The third-order valence-corrected chi connectivity index (χ3v) is 5.85. The first-order chi connectivity index (χ1) is 15.9. The van der Waals surface area contributed by atoms with Gasteiger partial charge >= 0.3 is 6.61 Å². The van der Waals surface area contributed by atoms with E-state index in [2.05, 4.69) is 20.6 Å². The Morgan fingerprint density at radius 3 is 2.76 bits per heavy atom. The molecule has 4 N–H and O–H groups in total. The lowest BCUT2D eigenvalue weighted by Crippen LogP contribution is -2.36. The zero-order valence-electron chi connectivity index (χ0n) is 17.7. The largest absolute Gasteiger partial charge is 0.433 e. The number of carbonyl (C=O) groups is 1. The number of ether oxygens (including phenoxy) is 2. The molecule has 1 aliphatic heterocycles. The zero-order chi connectivity index (χ0) is 23.4. The van der Waals surface area contributed by atoms with Gasteiger partial charge in [-0.3, -0.25) is 4.79 Å². The van der Waals surface area contributed by atoms with Crippen LogP contribution in [0.3, 0.4) is 0 Å². The van der Waals surface area contributed by atoms with E-state index >= 15 is 0 Å². The molecule has 1 amide bonds. The Hall–Kier alpha value is -3.51. The summed E-state index contributed by atoms with van der Waals surface area (Å²) in [7, 11) is 0. The lowest BCUT2D eigenvalue weighted by molar-refractivity contribution is -0.0493. The van der Waals surface area contributed by atoms with E-state index in [0.717, 1.165) is 5.69 Å². The lowest BCUT2D eigenvalue weighted by Gasteiger charge is -2.29. The van der Waals surface area contributed by atoms with Crippen LogP contribution in [0, 0.1) is 6.92 Å². The topological polar surface area (TPSA) is 115 Å². The first-order valence-corrected chi connectivity index (χ1v) is 10.9. The van der Waals surface area contributed by atoms with Gasteiger partial charge in [-0.25, -0.2) is 4.98 Å². The number of nitrogens with zero attached hydrogens (tertiary/aromatic N) is 3. The van der Waals surface area contributed by atoms with Crippen LogP contribution in [0.1, 0.15) is 15.2 Å². The van der Waals surface area contributed by atoms with E-state index in [9.17, 15) is 13.6 Å². The Morgan fingerprint density at radius 1 is 1.24 bits per heavy atom. The van der Waals surface area contributed by atoms with Gasteiger partial charge in [0.25, 0.3) is 5.91 Å². The van der Waals surface area contributed by atoms with Crippen molar-refractivity contribution in [2.75, 3.05) is 41.8 Å². The van der Waals surface area contributed by atoms with E-state index in [-0.39, 0.29) is 17.4 Å². The van der Waals surface area contributed by atoms with Crippen molar-refractivity contribution in [3.63, 3.8) is 0 Å². The van der Waals surface area contributed by atoms with Gasteiger partial charge in [-0.05, 0) is 30.5 Å². The summed E-state index contributed by atoms with van der Waals surface area (Å²) in [6.45, 7) is 1.26. The number of thiophene rings is 1. The Balaban J connectivity index is 1.59. The van der Waals surface area contributed by atoms with Gasteiger partial charge in [0.1, 0.15) is 10.7 Å². The summed E-state index contributed by atoms with van der Waals surface area (Å²) < 4.78 is 36.3. The Bertz CT molecular complexity index is 1140. The predicted molar refractivity (Wildman–Crippen MR) is 122 cm³/mol. The predicted octanol–water partition coefficient (Wildman–Crippen LogP) is 3.87. The number of rotatable bonds is 8. The number of alkyl halides is 2. The summed E-state index contributed by atoms with van der Waals surface area (Å²) in [6.07, 6.45) is 1.57. The molecule has 1 aromatic carbocycles. The number of aromatic nitrogens is 2. The molecule has 0 unspecified atom stereocenters. The third kappa shape index (κ3) is 5.46. The second-order valence-corrected chi connectivity index (χ2v) is 8.08. The zero-order valence-corrected chi connectivity index (χ0v) is 18.5. The molecule has 0 bridgehead atoms. The number of aryl methyl sites for hydroxylation is 1. The van der Waals surface area contributed by atoms with Crippen molar-refractivity contribution < 1.29 is 23.0 Å². The molecule has 174 valence electrons. The van der Waals surface area contributed by atoms with Crippen LogP contribution in [0.2, 0.25) is 0 Å². The van der Waals surface area contributed by atoms with E-state index in [1.807, 2.05) is 11.0 Å². The fourth-order valence-corrected chi connectivity index (χ4v) is 4.00. The Morgan fingerprint density at radius 2 is 2.03 bits per heavy atom. The molecular formula is C21H22F2N6O3S. The maximum atomic E-state index is 13.1. The molecule has 33 heavy (non-hydrogen) atoms. The number of carbonyl (C=O) groups excluding carboxylic acids is 1. The van der Waals surface area contributed by atoms with Crippen LogP contribution in [0.4, 0.5) is 37.6 Å². The number of hydrogen-bond donors (Lipinski definition) is 3. The Kier molecular flexibility index (Phi) is 6.84. The summed E-state index contributed by atoms with van der Waals surface area (Å²) in [6, 6.07) is 6.72. The van der Waals surface area contributed by atoms with Gasteiger partial charge in [-0.2, -0.15) is 13.8 Å². The van der Waals surface area contributed by atoms with Crippen LogP contribution in [0.5, 0.6) is 5.75 Å². The number of benzene rings is 1. The molecule has 2 aromatic heterocycles. The highest BCUT2D eigenvalue weighted by atomic mass is 32.1. The fraction of sp³-hybridized carbons (Fsp3) is 0.286. The van der Waals surface area contributed by atoms with Crippen molar-refractivity contribution in [2.45, 2.75) is 13.5 Å². The highest BCUT2D eigenvalue weighted by molar-refractivity contribution is 7.12. The minimum Gasteiger partial charge on any atom is -0.433 e. The van der Waals surface area contributed by atoms with E-state index in [4.69, 9.17) is 15.2 Å². The number of morpholine rings is 1. The van der Waals surface area contributed by atoms with Crippen LogP contribution in [0.15, 0.2) is 35.8 Å². The van der Waals surface area contributed by atoms with Gasteiger partial charge in [0.15, 0.2) is 5.75 Å². The van der Waals surface area contributed by atoms with Crippen LogP contribution in [0.25, 0.3) is 0 Å². The summed E-state index contributed by atoms with van der Waals surface area (Å²) in [4.78, 5) is 22.7. The molecule has 3 aromatic rings. The van der Waals surface area contributed by atoms with Crippen molar-refractivity contribution in [3.05, 3.63) is 46.3 Å². The van der Waals surface area contributed by atoms with Gasteiger partial charge in [-0.1, -0.05) is 0 Å². The third-order valence-electron chi connectivity index (χ3n) is 4.92. The van der Waals surface area contributed by atoms with E-state index in [1.165, 1.54) is 11.3 Å². The van der Waals surface area contributed by atoms with Crippen LogP contribution < -0.4 is 26.0 Å². The number of halogens is 2. The molecule has 1 aliphatic rings. The number of nitrogens with one attached hydrogen (secondary N) is 2. The summed E-state index contributed by atoms with van der Waals surface area (Å²) in [5.41, 5.74) is 7.69. The molecule has 4 rings (SSSR count). The quantitative estimate of drug-likeness (QED) is 0.449. The molecule has 1 fully saturated rings. The Labute approximate surface area is 192 Å². The summed E-state index contributed by atoms with van der Waals surface area (Å²) >= 11 is 1.21. The summed E-state index contributed by atoms with van der Waals surface area (Å²) in [5, 5.41) is 7.75.